The Bertz CT molecular complexity index is 401. The van der Waals surface area contributed by atoms with Crippen molar-refractivity contribution in [3.63, 3.8) is 0 Å². The van der Waals surface area contributed by atoms with E-state index in [1.165, 1.54) is 49.4 Å². The number of halogens is 1. The van der Waals surface area contributed by atoms with E-state index in [-0.39, 0.29) is 0 Å². The van der Waals surface area contributed by atoms with Gasteiger partial charge in [0.15, 0.2) is 0 Å². The van der Waals surface area contributed by atoms with Crippen LogP contribution in [0.5, 0.6) is 0 Å². The van der Waals surface area contributed by atoms with E-state index in [1.54, 1.807) is 0 Å². The van der Waals surface area contributed by atoms with E-state index in [2.05, 4.69) is 71.1 Å². The first kappa shape index (κ1) is 20.0. The summed E-state index contributed by atoms with van der Waals surface area (Å²) in [5.41, 5.74) is 1.73. The molecule has 0 N–H and O–H groups in total. The number of hydrogen-bond acceptors (Lipinski definition) is 0. The monoisotopic (exact) mass is 432 g/mol. The van der Waals surface area contributed by atoms with Crippen LogP contribution in [0.1, 0.15) is 93.4 Å². The Kier molecular flexibility index (Phi) is 6.24. The molecule has 0 spiro atoms. The predicted octanol–water partition coefficient (Wildman–Crippen LogP) is 7.74. The second kappa shape index (κ2) is 7.16. The van der Waals surface area contributed by atoms with E-state index in [1.807, 2.05) is 0 Å². The SMILES string of the molecule is CCC1(C)C(C)C2(CCI)CCCC(C)C(C)CC(C)(C)CC12. The molecule has 0 aromatic heterocycles. The maximum Gasteiger partial charge on any atom is 0.0000766 e. The lowest BCUT2D eigenvalue weighted by atomic mass is 9.35. The first-order chi connectivity index (χ1) is 10.6. The van der Waals surface area contributed by atoms with Gasteiger partial charge in [0.1, 0.15) is 0 Å². The number of alkyl halides is 1. The van der Waals surface area contributed by atoms with Gasteiger partial charge in [-0.1, -0.05) is 90.3 Å². The topological polar surface area (TPSA) is 0 Å². The average molecular weight is 432 g/mol. The molecule has 0 saturated heterocycles. The van der Waals surface area contributed by atoms with Crippen molar-refractivity contribution in [2.45, 2.75) is 93.4 Å². The van der Waals surface area contributed by atoms with Crippen molar-refractivity contribution in [1.82, 2.24) is 0 Å². The molecular formula is C22H41I. The van der Waals surface area contributed by atoms with E-state index in [0.717, 1.165) is 23.7 Å². The van der Waals surface area contributed by atoms with E-state index in [0.29, 0.717) is 16.2 Å². The molecule has 0 heterocycles. The molecule has 136 valence electrons. The lowest BCUT2D eigenvalue weighted by Crippen LogP contribution is -2.63. The van der Waals surface area contributed by atoms with Crippen LogP contribution in [0, 0.1) is 39.9 Å². The molecule has 6 unspecified atom stereocenters. The molecule has 6 atom stereocenters. The van der Waals surface area contributed by atoms with Crippen molar-refractivity contribution in [2.75, 3.05) is 4.43 Å². The minimum Gasteiger partial charge on any atom is -0.0864 e. The normalized spacial score (nSPS) is 47.5. The van der Waals surface area contributed by atoms with Crippen LogP contribution in [0.3, 0.4) is 0 Å². The van der Waals surface area contributed by atoms with Crippen LogP contribution < -0.4 is 0 Å². The molecule has 23 heavy (non-hydrogen) atoms. The highest BCUT2D eigenvalue weighted by Gasteiger charge is 2.64. The Morgan fingerprint density at radius 1 is 1.00 bits per heavy atom. The Hall–Kier alpha value is 0.730. The molecule has 0 amide bonds. The van der Waals surface area contributed by atoms with Gasteiger partial charge in [-0.2, -0.15) is 0 Å². The molecule has 0 bridgehead atoms. The van der Waals surface area contributed by atoms with Crippen LogP contribution in [0.15, 0.2) is 0 Å². The molecular weight excluding hydrogens is 391 g/mol. The van der Waals surface area contributed by atoms with Crippen molar-refractivity contribution in [3.8, 4) is 0 Å². The van der Waals surface area contributed by atoms with Gasteiger partial charge in [-0.15, -0.1) is 0 Å². The summed E-state index contributed by atoms with van der Waals surface area (Å²) in [6.07, 6.45) is 10.1. The summed E-state index contributed by atoms with van der Waals surface area (Å²) in [7, 11) is 0. The molecule has 2 saturated carbocycles. The maximum absolute atomic E-state index is 2.63. The zero-order chi connectivity index (χ0) is 17.5. The van der Waals surface area contributed by atoms with Gasteiger partial charge in [0.25, 0.3) is 0 Å². The van der Waals surface area contributed by atoms with Gasteiger partial charge in [-0.25, -0.2) is 0 Å². The minimum atomic E-state index is 0.503. The second-order valence-corrected chi connectivity index (χ2v) is 11.3. The Balaban J connectivity index is 2.35. The van der Waals surface area contributed by atoms with Crippen molar-refractivity contribution in [3.05, 3.63) is 0 Å². The lowest BCUT2D eigenvalue weighted by molar-refractivity contribution is -0.209. The highest BCUT2D eigenvalue weighted by Crippen LogP contribution is 2.71. The van der Waals surface area contributed by atoms with Gasteiger partial charge in [0.2, 0.25) is 0 Å². The van der Waals surface area contributed by atoms with E-state index in [9.17, 15) is 0 Å². The van der Waals surface area contributed by atoms with Crippen LogP contribution >= 0.6 is 22.6 Å². The molecule has 2 fully saturated rings. The molecule has 0 aromatic rings. The molecule has 2 rings (SSSR count). The third-order valence-corrected chi connectivity index (χ3v) is 9.11. The smallest absolute Gasteiger partial charge is 0.0000766 e. The van der Waals surface area contributed by atoms with Gasteiger partial charge in [-0.3, -0.25) is 0 Å². The fourth-order valence-corrected chi connectivity index (χ4v) is 7.64. The molecule has 2 aliphatic rings. The second-order valence-electron chi connectivity index (χ2n) is 10.2. The van der Waals surface area contributed by atoms with Crippen molar-refractivity contribution in [2.24, 2.45) is 39.9 Å². The van der Waals surface area contributed by atoms with Crippen LogP contribution in [0.25, 0.3) is 0 Å². The van der Waals surface area contributed by atoms with Gasteiger partial charge in [0.05, 0.1) is 0 Å². The quantitative estimate of drug-likeness (QED) is 0.316. The summed E-state index contributed by atoms with van der Waals surface area (Å²) in [6, 6.07) is 0. The highest BCUT2D eigenvalue weighted by molar-refractivity contribution is 14.1. The first-order valence-electron chi connectivity index (χ1n) is 10.2. The molecule has 2 aliphatic carbocycles. The zero-order valence-electron chi connectivity index (χ0n) is 16.8. The Morgan fingerprint density at radius 2 is 1.65 bits per heavy atom. The molecule has 1 heteroatoms. The number of fused-ring (bicyclic) bond motifs is 1. The Morgan fingerprint density at radius 3 is 2.22 bits per heavy atom. The van der Waals surface area contributed by atoms with Crippen LogP contribution in [-0.4, -0.2) is 4.43 Å². The van der Waals surface area contributed by atoms with Crippen LogP contribution in [-0.2, 0) is 0 Å². The third-order valence-electron chi connectivity index (χ3n) is 8.57. The summed E-state index contributed by atoms with van der Waals surface area (Å²) in [4.78, 5) is 0. The standard InChI is InChI=1S/C22H41I/c1-8-21(7)18(4)22(12-13-23)11-9-10-16(2)17(3)14-20(5,6)15-19(21)22/h16-19H,8-15H2,1-7H3. The number of rotatable bonds is 3. The van der Waals surface area contributed by atoms with Gasteiger partial charge in [-0.05, 0) is 65.6 Å². The largest absolute Gasteiger partial charge is 0.0864 e. The van der Waals surface area contributed by atoms with Crippen LogP contribution in [0.2, 0.25) is 0 Å². The summed E-state index contributed by atoms with van der Waals surface area (Å²) >= 11 is 2.63. The molecule has 0 radical (unpaired) electrons. The lowest BCUT2D eigenvalue weighted by Gasteiger charge is -2.69. The van der Waals surface area contributed by atoms with Crippen molar-refractivity contribution < 1.29 is 0 Å². The van der Waals surface area contributed by atoms with E-state index in [4.69, 9.17) is 0 Å². The van der Waals surface area contributed by atoms with E-state index < -0.39 is 0 Å². The van der Waals surface area contributed by atoms with Crippen LogP contribution in [0.4, 0.5) is 0 Å². The Labute approximate surface area is 160 Å². The summed E-state index contributed by atoms with van der Waals surface area (Å²) in [6.45, 7) is 17.8. The van der Waals surface area contributed by atoms with Crippen molar-refractivity contribution in [1.29, 1.82) is 0 Å². The zero-order valence-corrected chi connectivity index (χ0v) is 19.0. The fourth-order valence-electron chi connectivity index (χ4n) is 6.64. The average Bonchev–Trinajstić information content (AvgIpc) is 2.49. The molecule has 0 aliphatic heterocycles. The van der Waals surface area contributed by atoms with E-state index >= 15 is 0 Å². The molecule has 0 aromatic carbocycles. The predicted molar refractivity (Wildman–Crippen MR) is 112 cm³/mol. The summed E-state index contributed by atoms with van der Waals surface area (Å²) < 4.78 is 1.34. The van der Waals surface area contributed by atoms with Gasteiger partial charge in [0, 0.05) is 4.43 Å². The summed E-state index contributed by atoms with van der Waals surface area (Å²) in [5.74, 6) is 3.63. The third kappa shape index (κ3) is 3.51. The fraction of sp³-hybridized carbons (Fsp3) is 1.00. The van der Waals surface area contributed by atoms with Gasteiger partial charge < -0.3 is 0 Å². The highest BCUT2D eigenvalue weighted by atomic mass is 127. The molecule has 0 nitrogen and oxygen atoms in total. The minimum absolute atomic E-state index is 0.503. The maximum atomic E-state index is 2.63. The summed E-state index contributed by atoms with van der Waals surface area (Å²) in [5, 5.41) is 0. The van der Waals surface area contributed by atoms with Crippen molar-refractivity contribution >= 4 is 22.6 Å². The van der Waals surface area contributed by atoms with Gasteiger partial charge >= 0.3 is 0 Å². The first-order valence-corrected chi connectivity index (χ1v) is 11.7. The number of hydrogen-bond donors (Lipinski definition) is 0.